The summed E-state index contributed by atoms with van der Waals surface area (Å²) >= 11 is 0. The van der Waals surface area contributed by atoms with Gasteiger partial charge in [-0.1, -0.05) is 36.4 Å². The molecule has 6 nitrogen and oxygen atoms in total. The van der Waals surface area contributed by atoms with Crippen molar-refractivity contribution >= 4 is 22.6 Å². The number of H-pyrrole nitrogens is 1. The number of amides is 1. The highest BCUT2D eigenvalue weighted by atomic mass is 16.5. The van der Waals surface area contributed by atoms with E-state index in [1.54, 1.807) is 6.07 Å². The summed E-state index contributed by atoms with van der Waals surface area (Å²) in [6, 6.07) is 15.6. The summed E-state index contributed by atoms with van der Waals surface area (Å²) in [5.41, 5.74) is 1.16. The molecule has 2 aromatic carbocycles. The Balaban J connectivity index is 1.92. The summed E-state index contributed by atoms with van der Waals surface area (Å²) in [6.45, 7) is 0. The number of rotatable bonds is 4. The molecule has 6 heteroatoms. The molecule has 1 atom stereocenters. The smallest absolute Gasteiger partial charge is 0.333 e. The summed E-state index contributed by atoms with van der Waals surface area (Å²) < 4.78 is 4.83. The second-order valence-corrected chi connectivity index (χ2v) is 5.45. The number of aromatic nitrogens is 1. The zero-order valence-corrected chi connectivity index (χ0v) is 13.4. The maximum Gasteiger partial charge on any atom is 0.333 e. The molecular weight excluding hydrogens is 318 g/mol. The van der Waals surface area contributed by atoms with E-state index < -0.39 is 17.9 Å². The normalized spacial score (nSPS) is 11.5. The second-order valence-electron chi connectivity index (χ2n) is 5.45. The van der Waals surface area contributed by atoms with Gasteiger partial charge in [0.2, 0.25) is 0 Å². The number of carbonyl (C=O) groups is 2. The first-order chi connectivity index (χ1) is 12.1. The molecule has 0 spiro atoms. The van der Waals surface area contributed by atoms with Crippen LogP contribution in [0, 0.1) is 11.3 Å². The zero-order chi connectivity index (χ0) is 17.8. The van der Waals surface area contributed by atoms with Crippen LogP contribution in [-0.2, 0) is 9.53 Å². The number of aromatic amines is 1. The average Bonchev–Trinajstić information content (AvgIpc) is 3.14. The molecule has 0 aliphatic carbocycles. The SMILES string of the molecule is COC(=O)[C@H](NC(=O)c1c[nH]c(C#N)c1)c1ccc2ccccc2c1. The molecule has 0 radical (unpaired) electrons. The molecule has 0 bridgehead atoms. The lowest BCUT2D eigenvalue weighted by atomic mass is 10.0. The van der Waals surface area contributed by atoms with Crippen molar-refractivity contribution in [3.8, 4) is 6.07 Å². The summed E-state index contributed by atoms with van der Waals surface area (Å²) in [5, 5.41) is 13.5. The first-order valence-corrected chi connectivity index (χ1v) is 7.58. The van der Waals surface area contributed by atoms with Crippen molar-refractivity contribution in [2.45, 2.75) is 6.04 Å². The van der Waals surface area contributed by atoms with E-state index in [9.17, 15) is 9.59 Å². The molecule has 0 fully saturated rings. The van der Waals surface area contributed by atoms with Gasteiger partial charge >= 0.3 is 5.97 Å². The molecule has 3 rings (SSSR count). The van der Waals surface area contributed by atoms with Crippen LogP contribution in [0.1, 0.15) is 27.7 Å². The van der Waals surface area contributed by atoms with Gasteiger partial charge in [0, 0.05) is 6.20 Å². The molecular formula is C19H15N3O3. The number of nitriles is 1. The molecule has 1 aromatic heterocycles. The van der Waals surface area contributed by atoms with Crippen LogP contribution in [0.4, 0.5) is 0 Å². The number of esters is 1. The van der Waals surface area contributed by atoms with Crippen molar-refractivity contribution in [2.75, 3.05) is 7.11 Å². The van der Waals surface area contributed by atoms with Gasteiger partial charge in [0.1, 0.15) is 11.8 Å². The number of fused-ring (bicyclic) bond motifs is 1. The topological polar surface area (TPSA) is 95.0 Å². The van der Waals surface area contributed by atoms with Crippen molar-refractivity contribution in [1.82, 2.24) is 10.3 Å². The van der Waals surface area contributed by atoms with Gasteiger partial charge in [0.05, 0.1) is 12.7 Å². The molecule has 0 saturated heterocycles. The van der Waals surface area contributed by atoms with E-state index in [0.717, 1.165) is 10.8 Å². The van der Waals surface area contributed by atoms with Crippen molar-refractivity contribution < 1.29 is 14.3 Å². The van der Waals surface area contributed by atoms with E-state index in [0.29, 0.717) is 5.56 Å². The number of methoxy groups -OCH3 is 1. The Bertz CT molecular complexity index is 985. The van der Waals surface area contributed by atoms with E-state index in [2.05, 4.69) is 10.3 Å². The summed E-state index contributed by atoms with van der Waals surface area (Å²) in [4.78, 5) is 27.3. The fourth-order valence-electron chi connectivity index (χ4n) is 2.59. The molecule has 0 aliphatic heterocycles. The minimum atomic E-state index is -0.942. The van der Waals surface area contributed by atoms with Crippen LogP contribution in [-0.4, -0.2) is 24.0 Å². The molecule has 0 unspecified atom stereocenters. The largest absolute Gasteiger partial charge is 0.467 e. The van der Waals surface area contributed by atoms with Crippen molar-refractivity contribution in [3.63, 3.8) is 0 Å². The summed E-state index contributed by atoms with van der Waals surface area (Å²) in [6.07, 6.45) is 1.42. The van der Waals surface area contributed by atoms with Crippen LogP contribution in [0.2, 0.25) is 0 Å². The van der Waals surface area contributed by atoms with Crippen LogP contribution in [0.15, 0.2) is 54.7 Å². The van der Waals surface area contributed by atoms with Gasteiger partial charge in [-0.15, -0.1) is 0 Å². The Morgan fingerprint density at radius 1 is 1.16 bits per heavy atom. The predicted molar refractivity (Wildman–Crippen MR) is 91.7 cm³/mol. The number of nitrogens with one attached hydrogen (secondary N) is 2. The van der Waals surface area contributed by atoms with Crippen molar-refractivity contribution in [2.24, 2.45) is 0 Å². The Morgan fingerprint density at radius 2 is 1.92 bits per heavy atom. The summed E-state index contributed by atoms with van der Waals surface area (Å²) in [5.74, 6) is -1.04. The van der Waals surface area contributed by atoms with Crippen LogP contribution in [0.5, 0.6) is 0 Å². The van der Waals surface area contributed by atoms with Gasteiger partial charge in [-0.3, -0.25) is 4.79 Å². The van der Waals surface area contributed by atoms with E-state index in [1.165, 1.54) is 19.4 Å². The first kappa shape index (κ1) is 16.3. The number of nitrogens with zero attached hydrogens (tertiary/aromatic N) is 1. The van der Waals surface area contributed by atoms with Crippen molar-refractivity contribution in [3.05, 3.63) is 71.5 Å². The molecule has 124 valence electrons. The Hall–Kier alpha value is -3.59. The first-order valence-electron chi connectivity index (χ1n) is 7.58. The molecule has 25 heavy (non-hydrogen) atoms. The second kappa shape index (κ2) is 6.89. The average molecular weight is 333 g/mol. The van der Waals surface area contributed by atoms with Gasteiger partial charge in [0.15, 0.2) is 6.04 Å². The van der Waals surface area contributed by atoms with Gasteiger partial charge in [-0.25, -0.2) is 4.79 Å². The fourth-order valence-corrected chi connectivity index (χ4v) is 2.59. The number of carbonyl (C=O) groups excluding carboxylic acids is 2. The molecule has 0 aliphatic rings. The Kier molecular flexibility index (Phi) is 4.48. The lowest BCUT2D eigenvalue weighted by Gasteiger charge is -2.17. The standard InChI is InChI=1S/C19H15N3O3/c1-25-19(24)17(22-18(23)15-9-16(10-20)21-11-15)14-7-6-12-4-2-3-5-13(12)8-14/h2-9,11,17,21H,1H3,(H,22,23)/t17-/m1/s1. The van der Waals surface area contributed by atoms with Crippen LogP contribution in [0.3, 0.4) is 0 Å². The molecule has 3 aromatic rings. The summed E-state index contributed by atoms with van der Waals surface area (Å²) in [7, 11) is 1.27. The number of hydrogen-bond acceptors (Lipinski definition) is 4. The van der Waals surface area contributed by atoms with Crippen molar-refractivity contribution in [1.29, 1.82) is 5.26 Å². The lowest BCUT2D eigenvalue weighted by Crippen LogP contribution is -2.34. The third-order valence-corrected chi connectivity index (χ3v) is 3.88. The highest BCUT2D eigenvalue weighted by Gasteiger charge is 2.24. The van der Waals surface area contributed by atoms with Gasteiger partial charge in [-0.05, 0) is 28.5 Å². The maximum atomic E-state index is 12.4. The Morgan fingerprint density at radius 3 is 2.60 bits per heavy atom. The van der Waals surface area contributed by atoms with Gasteiger partial charge in [-0.2, -0.15) is 5.26 Å². The van der Waals surface area contributed by atoms with E-state index in [4.69, 9.17) is 10.00 Å². The highest BCUT2D eigenvalue weighted by Crippen LogP contribution is 2.22. The number of benzene rings is 2. The third-order valence-electron chi connectivity index (χ3n) is 3.88. The van der Waals surface area contributed by atoms with Crippen LogP contribution >= 0.6 is 0 Å². The molecule has 1 amide bonds. The Labute approximate surface area is 144 Å². The fraction of sp³-hybridized carbons (Fsp3) is 0.105. The number of ether oxygens (including phenoxy) is 1. The minimum Gasteiger partial charge on any atom is -0.467 e. The van der Waals surface area contributed by atoms with Crippen LogP contribution in [0.25, 0.3) is 10.8 Å². The van der Waals surface area contributed by atoms with E-state index in [-0.39, 0.29) is 11.3 Å². The van der Waals surface area contributed by atoms with E-state index >= 15 is 0 Å². The third kappa shape index (κ3) is 3.35. The molecule has 1 heterocycles. The van der Waals surface area contributed by atoms with Gasteiger partial charge < -0.3 is 15.0 Å². The number of hydrogen-bond donors (Lipinski definition) is 2. The van der Waals surface area contributed by atoms with E-state index in [1.807, 2.05) is 42.5 Å². The van der Waals surface area contributed by atoms with Crippen LogP contribution < -0.4 is 5.32 Å². The maximum absolute atomic E-state index is 12.4. The molecule has 0 saturated carbocycles. The monoisotopic (exact) mass is 333 g/mol. The zero-order valence-electron chi connectivity index (χ0n) is 13.4. The van der Waals surface area contributed by atoms with Gasteiger partial charge in [0.25, 0.3) is 5.91 Å². The highest BCUT2D eigenvalue weighted by molar-refractivity contribution is 5.97. The molecule has 2 N–H and O–H groups in total. The minimum absolute atomic E-state index is 0.269. The quantitative estimate of drug-likeness (QED) is 0.718. The predicted octanol–water partition coefficient (Wildman–Crippen LogP) is 2.68. The lowest BCUT2D eigenvalue weighted by molar-refractivity contribution is -0.143.